The largest absolute Gasteiger partial charge is 0.373 e. The minimum atomic E-state index is -0.0626. The summed E-state index contributed by atoms with van der Waals surface area (Å²) in [5.41, 5.74) is 1.13. The fraction of sp³-hybridized carbons (Fsp3) is 0.462. The van der Waals surface area contributed by atoms with E-state index in [1.807, 2.05) is 0 Å². The molecule has 0 amide bonds. The van der Waals surface area contributed by atoms with Crippen LogP contribution < -0.4 is 4.90 Å². The molecule has 0 atom stereocenters. The molecule has 1 aliphatic rings. The first-order chi connectivity index (χ1) is 7.69. The number of nitrogens with zero attached hydrogens (tertiary/aromatic N) is 2. The second-order valence-electron chi connectivity index (χ2n) is 4.45. The van der Waals surface area contributed by atoms with Gasteiger partial charge in [0, 0.05) is 24.2 Å². The van der Waals surface area contributed by atoms with Crippen molar-refractivity contribution in [3.63, 3.8) is 0 Å². The summed E-state index contributed by atoms with van der Waals surface area (Å²) < 4.78 is 0. The Morgan fingerprint density at radius 1 is 1.38 bits per heavy atom. The fourth-order valence-electron chi connectivity index (χ4n) is 1.84. The maximum atomic E-state index is 9.05. The molecule has 2 nitrogen and oxygen atoms in total. The van der Waals surface area contributed by atoms with Gasteiger partial charge in [0.15, 0.2) is 0 Å². The number of hydrogen-bond donors (Lipinski definition) is 0. The number of thioether (sulfide) groups is 1. The highest BCUT2D eigenvalue weighted by Gasteiger charge is 2.44. The predicted octanol–water partition coefficient (Wildman–Crippen LogP) is 3.15. The van der Waals surface area contributed by atoms with Crippen molar-refractivity contribution in [3.8, 4) is 6.07 Å². The van der Waals surface area contributed by atoms with Crippen LogP contribution in [-0.2, 0) is 0 Å². The summed E-state index contributed by atoms with van der Waals surface area (Å²) in [5, 5.41) is 9.05. The zero-order valence-corrected chi connectivity index (χ0v) is 10.5. The third kappa shape index (κ3) is 2.33. The van der Waals surface area contributed by atoms with E-state index in [-0.39, 0.29) is 5.41 Å². The molecule has 0 bridgehead atoms. The summed E-state index contributed by atoms with van der Waals surface area (Å²) in [4.78, 5) is 3.46. The van der Waals surface area contributed by atoms with Gasteiger partial charge >= 0.3 is 0 Å². The predicted molar refractivity (Wildman–Crippen MR) is 68.8 cm³/mol. The fourth-order valence-corrected chi connectivity index (χ4v) is 2.25. The quantitative estimate of drug-likeness (QED) is 0.746. The van der Waals surface area contributed by atoms with Crippen LogP contribution in [-0.4, -0.2) is 19.8 Å². The Kier molecular flexibility index (Phi) is 3.11. The standard InChI is InChI=1S/C13H16N2S/c1-15(10-13(9-14)7-8-13)11-3-5-12(16-2)6-4-11/h3-6H,7-8,10H2,1-2H3. The number of rotatable bonds is 4. The average Bonchev–Trinajstić information content (AvgIpc) is 3.09. The molecule has 0 heterocycles. The topological polar surface area (TPSA) is 27.0 Å². The smallest absolute Gasteiger partial charge is 0.0749 e. The number of hydrogen-bond acceptors (Lipinski definition) is 3. The second-order valence-corrected chi connectivity index (χ2v) is 5.33. The molecule has 0 aromatic heterocycles. The van der Waals surface area contributed by atoms with Crippen molar-refractivity contribution in [2.24, 2.45) is 5.41 Å². The van der Waals surface area contributed by atoms with Gasteiger partial charge in [0.05, 0.1) is 11.5 Å². The van der Waals surface area contributed by atoms with Gasteiger partial charge in [-0.25, -0.2) is 0 Å². The molecule has 1 aliphatic carbocycles. The van der Waals surface area contributed by atoms with Gasteiger partial charge in [0.1, 0.15) is 0 Å². The van der Waals surface area contributed by atoms with Gasteiger partial charge in [-0.05, 0) is 43.4 Å². The molecule has 0 unspecified atom stereocenters. The van der Waals surface area contributed by atoms with Crippen molar-refractivity contribution < 1.29 is 0 Å². The van der Waals surface area contributed by atoms with E-state index >= 15 is 0 Å². The zero-order valence-electron chi connectivity index (χ0n) is 9.73. The number of nitriles is 1. The van der Waals surface area contributed by atoms with Crippen molar-refractivity contribution in [3.05, 3.63) is 24.3 Å². The highest BCUT2D eigenvalue weighted by molar-refractivity contribution is 7.98. The van der Waals surface area contributed by atoms with Crippen LogP contribution in [0.3, 0.4) is 0 Å². The monoisotopic (exact) mass is 232 g/mol. The van der Waals surface area contributed by atoms with Crippen molar-refractivity contribution >= 4 is 17.4 Å². The molecule has 0 N–H and O–H groups in total. The first-order valence-electron chi connectivity index (χ1n) is 5.46. The molecule has 84 valence electrons. The highest BCUT2D eigenvalue weighted by atomic mass is 32.2. The molecule has 1 saturated carbocycles. The van der Waals surface area contributed by atoms with E-state index in [2.05, 4.69) is 48.5 Å². The van der Waals surface area contributed by atoms with E-state index in [1.165, 1.54) is 10.6 Å². The third-order valence-electron chi connectivity index (χ3n) is 3.14. The summed E-state index contributed by atoms with van der Waals surface area (Å²) in [6.07, 6.45) is 4.18. The minimum absolute atomic E-state index is 0.0626. The molecule has 0 saturated heterocycles. The lowest BCUT2D eigenvalue weighted by Crippen LogP contribution is -2.25. The van der Waals surface area contributed by atoms with Gasteiger partial charge < -0.3 is 4.90 Å². The Balaban J connectivity index is 2.03. The molecule has 16 heavy (non-hydrogen) atoms. The molecule has 3 heteroatoms. The number of benzene rings is 1. The highest BCUT2D eigenvalue weighted by Crippen LogP contribution is 2.45. The van der Waals surface area contributed by atoms with Crippen LogP contribution in [0.1, 0.15) is 12.8 Å². The summed E-state index contributed by atoms with van der Waals surface area (Å²) in [5.74, 6) is 0. The number of anilines is 1. The van der Waals surface area contributed by atoms with Crippen molar-refractivity contribution in [1.29, 1.82) is 5.26 Å². The molecule has 1 aromatic carbocycles. The van der Waals surface area contributed by atoms with Crippen LogP contribution >= 0.6 is 11.8 Å². The SMILES string of the molecule is CSc1ccc(N(C)CC2(C#N)CC2)cc1. The van der Waals surface area contributed by atoms with E-state index in [0.717, 1.165) is 19.4 Å². The molecule has 2 rings (SSSR count). The second kappa shape index (κ2) is 4.39. The lowest BCUT2D eigenvalue weighted by molar-refractivity contribution is 0.653. The van der Waals surface area contributed by atoms with Crippen molar-refractivity contribution in [2.75, 3.05) is 24.7 Å². The van der Waals surface area contributed by atoms with E-state index in [0.29, 0.717) is 0 Å². The minimum Gasteiger partial charge on any atom is -0.373 e. The molecular formula is C13H16N2S. The van der Waals surface area contributed by atoms with Gasteiger partial charge in [-0.3, -0.25) is 0 Å². The van der Waals surface area contributed by atoms with Crippen LogP contribution in [0.2, 0.25) is 0 Å². The molecule has 1 aromatic rings. The molecule has 0 radical (unpaired) electrons. The normalized spacial score (nSPS) is 16.6. The van der Waals surface area contributed by atoms with Gasteiger partial charge in [0.25, 0.3) is 0 Å². The van der Waals surface area contributed by atoms with Gasteiger partial charge in [0.2, 0.25) is 0 Å². The average molecular weight is 232 g/mol. The van der Waals surface area contributed by atoms with E-state index < -0.39 is 0 Å². The Hall–Kier alpha value is -1.14. The Morgan fingerprint density at radius 2 is 2.00 bits per heavy atom. The Labute approximate surface area is 101 Å². The van der Waals surface area contributed by atoms with Gasteiger partial charge in [-0.2, -0.15) is 5.26 Å². The molecule has 0 spiro atoms. The van der Waals surface area contributed by atoms with Crippen LogP contribution in [0.5, 0.6) is 0 Å². The molecule has 1 fully saturated rings. The lowest BCUT2D eigenvalue weighted by atomic mass is 10.1. The first kappa shape index (κ1) is 11.3. The van der Waals surface area contributed by atoms with Crippen molar-refractivity contribution in [2.45, 2.75) is 17.7 Å². The Bertz CT molecular complexity index is 401. The summed E-state index contributed by atoms with van der Waals surface area (Å²) >= 11 is 1.75. The maximum absolute atomic E-state index is 9.05. The van der Waals surface area contributed by atoms with Crippen molar-refractivity contribution in [1.82, 2.24) is 0 Å². The van der Waals surface area contributed by atoms with Crippen LogP contribution in [0, 0.1) is 16.7 Å². The zero-order chi connectivity index (χ0) is 11.6. The Morgan fingerprint density at radius 3 is 2.44 bits per heavy atom. The van der Waals surface area contributed by atoms with Gasteiger partial charge in [-0.1, -0.05) is 0 Å². The van der Waals surface area contributed by atoms with Crippen LogP contribution in [0.25, 0.3) is 0 Å². The third-order valence-corrected chi connectivity index (χ3v) is 3.89. The van der Waals surface area contributed by atoms with Crippen LogP contribution in [0.4, 0.5) is 5.69 Å². The van der Waals surface area contributed by atoms with Crippen LogP contribution in [0.15, 0.2) is 29.2 Å². The lowest BCUT2D eigenvalue weighted by Gasteiger charge is -2.21. The first-order valence-corrected chi connectivity index (χ1v) is 6.68. The summed E-state index contributed by atoms with van der Waals surface area (Å²) in [7, 11) is 2.06. The summed E-state index contributed by atoms with van der Waals surface area (Å²) in [6, 6.07) is 10.9. The summed E-state index contributed by atoms with van der Waals surface area (Å²) in [6.45, 7) is 0.849. The van der Waals surface area contributed by atoms with E-state index in [4.69, 9.17) is 5.26 Å². The maximum Gasteiger partial charge on any atom is 0.0749 e. The molecule has 0 aliphatic heterocycles. The van der Waals surface area contributed by atoms with Gasteiger partial charge in [-0.15, -0.1) is 11.8 Å². The molecular weight excluding hydrogens is 216 g/mol. The van der Waals surface area contributed by atoms with E-state index in [9.17, 15) is 0 Å². The van der Waals surface area contributed by atoms with E-state index in [1.54, 1.807) is 11.8 Å².